The number of Topliss-reactive ketones (excluding diaryl/α,β-unsaturated/α-hetero) is 1. The lowest BCUT2D eigenvalue weighted by atomic mass is 10.1. The Morgan fingerprint density at radius 2 is 1.66 bits per heavy atom. The van der Waals surface area contributed by atoms with E-state index in [0.29, 0.717) is 23.5 Å². The Kier molecular flexibility index (Phi) is 6.87. The fourth-order valence-electron chi connectivity index (χ4n) is 3.14. The molecule has 1 saturated heterocycles. The van der Waals surface area contributed by atoms with Crippen molar-refractivity contribution in [1.29, 1.82) is 0 Å². The van der Waals surface area contributed by atoms with Gasteiger partial charge in [-0.25, -0.2) is 0 Å². The van der Waals surface area contributed by atoms with Gasteiger partial charge in [-0.2, -0.15) is 0 Å². The molecule has 2 amide bonds. The van der Waals surface area contributed by atoms with Gasteiger partial charge in [0.2, 0.25) is 0 Å². The van der Waals surface area contributed by atoms with Crippen LogP contribution in [0.2, 0.25) is 0 Å². The number of nitrogens with zero attached hydrogens (tertiary/aromatic N) is 1. The maximum absolute atomic E-state index is 12.9. The standard InChI is InChI=1S/C25H18BrNO4S/c26-20-11-12-22(31-16-17-7-3-1-4-8-17)19(13-20)14-23-24(29)27(25(30)32-23)15-21(28)18-9-5-2-6-10-18/h1-14H,15-16H2/b23-14-. The zero-order valence-electron chi connectivity index (χ0n) is 16.9. The number of hydrogen-bond acceptors (Lipinski definition) is 5. The molecule has 1 heterocycles. The minimum absolute atomic E-state index is 0.249. The average Bonchev–Trinajstić information content (AvgIpc) is 3.07. The second-order valence-corrected chi connectivity index (χ2v) is 8.92. The van der Waals surface area contributed by atoms with Crippen LogP contribution in [0.5, 0.6) is 5.75 Å². The number of thioether (sulfide) groups is 1. The normalized spacial score (nSPS) is 14.8. The Hall–Kier alpha value is -3.16. The molecule has 5 nitrogen and oxygen atoms in total. The molecule has 0 atom stereocenters. The van der Waals surface area contributed by atoms with Crippen LogP contribution in [0.25, 0.3) is 6.08 Å². The van der Waals surface area contributed by atoms with Crippen molar-refractivity contribution in [3.8, 4) is 5.75 Å². The number of benzene rings is 3. The van der Waals surface area contributed by atoms with Crippen LogP contribution < -0.4 is 4.74 Å². The molecule has 4 rings (SSSR count). The first kappa shape index (κ1) is 22.0. The van der Waals surface area contributed by atoms with E-state index in [2.05, 4.69) is 15.9 Å². The summed E-state index contributed by atoms with van der Waals surface area (Å²) in [7, 11) is 0. The summed E-state index contributed by atoms with van der Waals surface area (Å²) in [6.45, 7) is 0.0816. The number of ketones is 1. The number of ether oxygens (including phenoxy) is 1. The zero-order chi connectivity index (χ0) is 22.5. The molecular weight excluding hydrogens is 490 g/mol. The molecular formula is C25H18BrNO4S. The number of imide groups is 1. The van der Waals surface area contributed by atoms with Crippen LogP contribution in [0.1, 0.15) is 21.5 Å². The van der Waals surface area contributed by atoms with Crippen LogP contribution in [0.15, 0.2) is 88.2 Å². The Bertz CT molecular complexity index is 1200. The summed E-state index contributed by atoms with van der Waals surface area (Å²) in [4.78, 5) is 39.0. The van der Waals surface area contributed by atoms with Crippen molar-refractivity contribution in [3.63, 3.8) is 0 Å². The molecule has 0 aliphatic carbocycles. The molecule has 0 saturated carbocycles. The number of halogens is 1. The third-order valence-corrected chi connectivity index (χ3v) is 6.17. The minimum atomic E-state index is -0.488. The van der Waals surface area contributed by atoms with E-state index in [0.717, 1.165) is 26.7 Å². The van der Waals surface area contributed by atoms with E-state index in [9.17, 15) is 14.4 Å². The average molecular weight is 508 g/mol. The van der Waals surface area contributed by atoms with E-state index < -0.39 is 11.1 Å². The molecule has 0 radical (unpaired) electrons. The van der Waals surface area contributed by atoms with Gasteiger partial charge >= 0.3 is 0 Å². The summed E-state index contributed by atoms with van der Waals surface area (Å²) in [5.41, 5.74) is 2.13. The van der Waals surface area contributed by atoms with Crippen LogP contribution in [-0.2, 0) is 11.4 Å². The molecule has 160 valence electrons. The molecule has 1 fully saturated rings. The van der Waals surface area contributed by atoms with Gasteiger partial charge in [-0.05, 0) is 41.6 Å². The predicted molar refractivity (Wildman–Crippen MR) is 128 cm³/mol. The van der Waals surface area contributed by atoms with Gasteiger partial charge in [-0.3, -0.25) is 19.3 Å². The van der Waals surface area contributed by atoms with E-state index in [4.69, 9.17) is 4.74 Å². The zero-order valence-corrected chi connectivity index (χ0v) is 19.3. The quantitative estimate of drug-likeness (QED) is 0.292. The lowest BCUT2D eigenvalue weighted by molar-refractivity contribution is -0.122. The van der Waals surface area contributed by atoms with E-state index >= 15 is 0 Å². The molecule has 32 heavy (non-hydrogen) atoms. The molecule has 0 N–H and O–H groups in total. The Morgan fingerprint density at radius 3 is 2.38 bits per heavy atom. The van der Waals surface area contributed by atoms with Crippen LogP contribution in [0.3, 0.4) is 0 Å². The van der Waals surface area contributed by atoms with Crippen molar-refractivity contribution in [2.45, 2.75) is 6.61 Å². The predicted octanol–water partition coefficient (Wildman–Crippen LogP) is 5.95. The van der Waals surface area contributed by atoms with Crippen LogP contribution in [0.4, 0.5) is 4.79 Å². The highest BCUT2D eigenvalue weighted by Crippen LogP contribution is 2.35. The molecule has 7 heteroatoms. The first-order chi connectivity index (χ1) is 15.5. The van der Waals surface area contributed by atoms with E-state index in [-0.39, 0.29) is 17.2 Å². The first-order valence-electron chi connectivity index (χ1n) is 9.81. The monoisotopic (exact) mass is 507 g/mol. The third-order valence-electron chi connectivity index (χ3n) is 4.77. The largest absolute Gasteiger partial charge is 0.488 e. The summed E-state index contributed by atoms with van der Waals surface area (Å²) in [5, 5.41) is -0.465. The second kappa shape index (κ2) is 9.97. The number of amides is 2. The SMILES string of the molecule is O=C(CN1C(=O)S/C(=C\c2cc(Br)ccc2OCc2ccccc2)C1=O)c1ccccc1. The summed E-state index contributed by atoms with van der Waals surface area (Å²) in [6.07, 6.45) is 1.63. The molecule has 0 bridgehead atoms. The van der Waals surface area contributed by atoms with Crippen LogP contribution in [0, 0.1) is 0 Å². The highest BCUT2D eigenvalue weighted by molar-refractivity contribution is 9.10. The number of carbonyl (C=O) groups excluding carboxylic acids is 3. The minimum Gasteiger partial charge on any atom is -0.488 e. The van der Waals surface area contributed by atoms with E-state index in [1.54, 1.807) is 36.4 Å². The van der Waals surface area contributed by atoms with E-state index in [1.165, 1.54) is 0 Å². The van der Waals surface area contributed by atoms with Gasteiger partial charge in [0, 0.05) is 15.6 Å². The van der Waals surface area contributed by atoms with Crippen molar-refractivity contribution >= 4 is 50.7 Å². The van der Waals surface area contributed by atoms with Gasteiger partial charge in [0.15, 0.2) is 5.78 Å². The second-order valence-electron chi connectivity index (χ2n) is 7.01. The fourth-order valence-corrected chi connectivity index (χ4v) is 4.34. The summed E-state index contributed by atoms with van der Waals surface area (Å²) >= 11 is 4.26. The highest BCUT2D eigenvalue weighted by Gasteiger charge is 2.36. The smallest absolute Gasteiger partial charge is 0.293 e. The third kappa shape index (κ3) is 5.18. The van der Waals surface area contributed by atoms with Crippen molar-refractivity contribution in [1.82, 2.24) is 4.90 Å². The molecule has 3 aromatic rings. The Balaban J connectivity index is 1.53. The van der Waals surface area contributed by atoms with Gasteiger partial charge in [0.05, 0.1) is 11.4 Å². The molecule has 0 spiro atoms. The maximum atomic E-state index is 12.9. The molecule has 3 aromatic carbocycles. The van der Waals surface area contributed by atoms with Crippen molar-refractivity contribution < 1.29 is 19.1 Å². The number of rotatable bonds is 7. The molecule has 0 unspecified atom stereocenters. The lowest BCUT2D eigenvalue weighted by Gasteiger charge is -2.12. The summed E-state index contributed by atoms with van der Waals surface area (Å²) in [5.74, 6) is -0.189. The van der Waals surface area contributed by atoms with Crippen LogP contribution in [-0.4, -0.2) is 28.4 Å². The maximum Gasteiger partial charge on any atom is 0.293 e. The molecule has 1 aliphatic heterocycles. The summed E-state index contributed by atoms with van der Waals surface area (Å²) in [6, 6.07) is 23.8. The van der Waals surface area contributed by atoms with Gasteiger partial charge in [-0.15, -0.1) is 0 Å². The number of hydrogen-bond donors (Lipinski definition) is 0. The van der Waals surface area contributed by atoms with Crippen molar-refractivity contribution in [2.24, 2.45) is 0 Å². The topological polar surface area (TPSA) is 63.7 Å². The Morgan fingerprint density at radius 1 is 0.969 bits per heavy atom. The van der Waals surface area contributed by atoms with E-state index in [1.807, 2.05) is 48.5 Å². The van der Waals surface area contributed by atoms with Gasteiger partial charge in [-0.1, -0.05) is 76.6 Å². The Labute approximate surface area is 198 Å². The number of carbonyl (C=O) groups is 3. The molecule has 1 aliphatic rings. The van der Waals surface area contributed by atoms with Gasteiger partial charge < -0.3 is 4.74 Å². The lowest BCUT2D eigenvalue weighted by Crippen LogP contribution is -2.33. The van der Waals surface area contributed by atoms with Crippen molar-refractivity contribution in [2.75, 3.05) is 6.54 Å². The van der Waals surface area contributed by atoms with Gasteiger partial charge in [0.1, 0.15) is 12.4 Å². The first-order valence-corrected chi connectivity index (χ1v) is 11.4. The fraction of sp³-hybridized carbons (Fsp3) is 0.0800. The van der Waals surface area contributed by atoms with Crippen molar-refractivity contribution in [3.05, 3.63) is 105 Å². The van der Waals surface area contributed by atoms with Gasteiger partial charge in [0.25, 0.3) is 11.1 Å². The van der Waals surface area contributed by atoms with Crippen LogP contribution >= 0.6 is 27.7 Å². The molecule has 0 aromatic heterocycles. The summed E-state index contributed by atoms with van der Waals surface area (Å²) < 4.78 is 6.78. The highest BCUT2D eigenvalue weighted by atomic mass is 79.9.